The number of aromatic nitrogens is 4. The lowest BCUT2D eigenvalue weighted by Gasteiger charge is -2.15. The quantitative estimate of drug-likeness (QED) is 0.484. The lowest BCUT2D eigenvalue weighted by atomic mass is 10.1. The highest BCUT2D eigenvalue weighted by Crippen LogP contribution is 2.33. The van der Waals surface area contributed by atoms with Gasteiger partial charge in [0.2, 0.25) is 0 Å². The Bertz CT molecular complexity index is 932. The Balaban J connectivity index is 1.71. The molecule has 0 radical (unpaired) electrons. The van der Waals surface area contributed by atoms with Crippen molar-refractivity contribution in [3.05, 3.63) is 47.9 Å². The zero-order valence-corrected chi connectivity index (χ0v) is 14.5. The predicted octanol–water partition coefficient (Wildman–Crippen LogP) is -0.195. The Morgan fingerprint density at radius 1 is 1.07 bits per heavy atom. The number of nitrogens with zero attached hydrogens (tertiary/aromatic N) is 4. The summed E-state index contributed by atoms with van der Waals surface area (Å²) >= 11 is 0. The van der Waals surface area contributed by atoms with Crippen LogP contribution in [-0.4, -0.2) is 60.0 Å². The number of aliphatic hydroxyl groups is 3. The van der Waals surface area contributed by atoms with E-state index in [1.807, 2.05) is 30.3 Å². The van der Waals surface area contributed by atoms with Crippen molar-refractivity contribution < 1.29 is 20.1 Å². The van der Waals surface area contributed by atoms with Crippen LogP contribution in [-0.2, 0) is 17.6 Å². The SMILES string of the molecule is Nc1ncnc2c1c(CCc1ccccc1)nn2[C@@H]1O[C@H](CO)[C@@H](O)[C@H]1O. The molecule has 9 heteroatoms. The van der Waals surface area contributed by atoms with Crippen LogP contribution in [0.5, 0.6) is 0 Å². The molecule has 1 aliphatic rings. The number of nitrogens with two attached hydrogens (primary N) is 1. The average molecular weight is 371 g/mol. The van der Waals surface area contributed by atoms with E-state index in [0.29, 0.717) is 29.0 Å². The summed E-state index contributed by atoms with van der Waals surface area (Å²) in [6.45, 7) is -0.411. The molecule has 2 aromatic heterocycles. The number of aliphatic hydroxyl groups excluding tert-OH is 3. The van der Waals surface area contributed by atoms with Crippen LogP contribution in [0.3, 0.4) is 0 Å². The van der Waals surface area contributed by atoms with E-state index in [1.54, 1.807) is 0 Å². The lowest BCUT2D eigenvalue weighted by molar-refractivity contribution is -0.0568. The normalized spacial score (nSPS) is 25.3. The maximum atomic E-state index is 10.3. The topological polar surface area (TPSA) is 140 Å². The molecule has 142 valence electrons. The molecule has 0 amide bonds. The van der Waals surface area contributed by atoms with Crippen LogP contribution in [0.15, 0.2) is 36.7 Å². The highest BCUT2D eigenvalue weighted by atomic mass is 16.6. The van der Waals surface area contributed by atoms with Crippen molar-refractivity contribution in [3.8, 4) is 0 Å². The Kier molecular flexibility index (Phi) is 4.75. The van der Waals surface area contributed by atoms with Gasteiger partial charge in [-0.05, 0) is 18.4 Å². The molecular formula is C18H21N5O4. The van der Waals surface area contributed by atoms with Crippen LogP contribution in [0.2, 0.25) is 0 Å². The van der Waals surface area contributed by atoms with Gasteiger partial charge in [0.25, 0.3) is 0 Å². The van der Waals surface area contributed by atoms with Crippen molar-refractivity contribution in [2.24, 2.45) is 0 Å². The largest absolute Gasteiger partial charge is 0.394 e. The van der Waals surface area contributed by atoms with Crippen LogP contribution in [0.25, 0.3) is 11.0 Å². The molecule has 0 bridgehead atoms. The Morgan fingerprint density at radius 2 is 1.85 bits per heavy atom. The summed E-state index contributed by atoms with van der Waals surface area (Å²) in [5.41, 5.74) is 8.31. The predicted molar refractivity (Wildman–Crippen MR) is 96.6 cm³/mol. The number of anilines is 1. The molecule has 3 aromatic rings. The second-order valence-corrected chi connectivity index (χ2v) is 6.56. The Morgan fingerprint density at radius 3 is 2.56 bits per heavy atom. The van der Waals surface area contributed by atoms with E-state index in [2.05, 4.69) is 15.1 Å². The number of ether oxygens (including phenoxy) is 1. The van der Waals surface area contributed by atoms with Gasteiger partial charge in [-0.1, -0.05) is 30.3 Å². The number of aryl methyl sites for hydroxylation is 2. The first-order valence-electron chi connectivity index (χ1n) is 8.74. The fraction of sp³-hybridized carbons (Fsp3) is 0.389. The van der Waals surface area contributed by atoms with Gasteiger partial charge in [-0.2, -0.15) is 5.10 Å². The summed E-state index contributed by atoms with van der Waals surface area (Å²) in [7, 11) is 0. The van der Waals surface area contributed by atoms with Crippen LogP contribution in [0, 0.1) is 0 Å². The zero-order valence-electron chi connectivity index (χ0n) is 14.5. The summed E-state index contributed by atoms with van der Waals surface area (Å²) in [5, 5.41) is 34.9. The van der Waals surface area contributed by atoms with Crippen LogP contribution in [0.1, 0.15) is 17.5 Å². The monoisotopic (exact) mass is 371 g/mol. The van der Waals surface area contributed by atoms with Crippen LogP contribution in [0.4, 0.5) is 5.82 Å². The molecule has 1 aromatic carbocycles. The zero-order chi connectivity index (χ0) is 19.0. The molecule has 4 atom stereocenters. The Labute approximate surface area is 155 Å². The van der Waals surface area contributed by atoms with E-state index in [-0.39, 0.29) is 0 Å². The number of hydrogen-bond donors (Lipinski definition) is 4. The number of hydrogen-bond acceptors (Lipinski definition) is 8. The molecule has 1 saturated heterocycles. The number of benzene rings is 1. The van der Waals surface area contributed by atoms with Crippen LogP contribution >= 0.6 is 0 Å². The molecule has 3 heterocycles. The number of nitrogen functional groups attached to an aromatic ring is 1. The maximum Gasteiger partial charge on any atom is 0.181 e. The van der Waals surface area contributed by atoms with Crippen molar-refractivity contribution in [1.29, 1.82) is 0 Å². The minimum absolute atomic E-state index is 0.293. The Hall–Kier alpha value is -2.59. The van der Waals surface area contributed by atoms with Crippen molar-refractivity contribution in [3.63, 3.8) is 0 Å². The standard InChI is InChI=1S/C18H21N5O4/c19-16-13-11(7-6-10-4-2-1-3-5-10)22-23(17(13)21-9-20-16)18-15(26)14(25)12(8-24)27-18/h1-5,9,12,14-15,18,24-26H,6-8H2,(H2,19,20,21)/t12-,14-,15-,18-/m1/s1. The third kappa shape index (κ3) is 3.15. The van der Waals surface area contributed by atoms with Crippen LogP contribution < -0.4 is 5.73 Å². The molecule has 0 saturated carbocycles. The maximum absolute atomic E-state index is 10.3. The molecule has 0 unspecified atom stereocenters. The van der Waals surface area contributed by atoms with Gasteiger partial charge in [0, 0.05) is 0 Å². The second-order valence-electron chi connectivity index (χ2n) is 6.56. The summed E-state index contributed by atoms with van der Waals surface area (Å²) in [4.78, 5) is 8.30. The van der Waals surface area contributed by atoms with Gasteiger partial charge in [-0.15, -0.1) is 0 Å². The lowest BCUT2D eigenvalue weighted by Crippen LogP contribution is -2.33. The third-order valence-electron chi connectivity index (χ3n) is 4.84. The molecule has 1 aliphatic heterocycles. The van der Waals surface area contributed by atoms with E-state index >= 15 is 0 Å². The van der Waals surface area contributed by atoms with E-state index < -0.39 is 31.1 Å². The summed E-state index contributed by atoms with van der Waals surface area (Å²) in [5.74, 6) is 0.293. The van der Waals surface area contributed by atoms with Gasteiger partial charge >= 0.3 is 0 Å². The van der Waals surface area contributed by atoms with Crippen molar-refractivity contribution in [2.45, 2.75) is 37.4 Å². The van der Waals surface area contributed by atoms with Gasteiger partial charge in [-0.3, -0.25) is 0 Å². The highest BCUT2D eigenvalue weighted by molar-refractivity contribution is 5.88. The molecule has 0 aliphatic carbocycles. The second kappa shape index (κ2) is 7.20. The van der Waals surface area contributed by atoms with Gasteiger partial charge in [-0.25, -0.2) is 14.6 Å². The van der Waals surface area contributed by atoms with Crippen molar-refractivity contribution >= 4 is 16.9 Å². The molecule has 27 heavy (non-hydrogen) atoms. The minimum atomic E-state index is -1.25. The summed E-state index contributed by atoms with van der Waals surface area (Å²) in [6.07, 6.45) is -1.67. The summed E-state index contributed by atoms with van der Waals surface area (Å²) < 4.78 is 7.01. The molecule has 0 spiro atoms. The first kappa shape index (κ1) is 17.8. The van der Waals surface area contributed by atoms with E-state index in [1.165, 1.54) is 11.0 Å². The smallest absolute Gasteiger partial charge is 0.181 e. The average Bonchev–Trinajstić information content (AvgIpc) is 3.20. The fourth-order valence-corrected chi connectivity index (χ4v) is 3.41. The van der Waals surface area contributed by atoms with Gasteiger partial charge in [0.05, 0.1) is 17.7 Å². The van der Waals surface area contributed by atoms with E-state index in [4.69, 9.17) is 10.5 Å². The first-order valence-corrected chi connectivity index (χ1v) is 8.74. The fourth-order valence-electron chi connectivity index (χ4n) is 3.41. The molecule has 1 fully saturated rings. The molecule has 9 nitrogen and oxygen atoms in total. The highest BCUT2D eigenvalue weighted by Gasteiger charge is 2.44. The minimum Gasteiger partial charge on any atom is -0.394 e. The van der Waals surface area contributed by atoms with Crippen molar-refractivity contribution in [2.75, 3.05) is 12.3 Å². The number of rotatable bonds is 5. The molecule has 4 rings (SSSR count). The van der Waals surface area contributed by atoms with Gasteiger partial charge < -0.3 is 25.8 Å². The summed E-state index contributed by atoms with van der Waals surface area (Å²) in [6, 6.07) is 9.97. The van der Waals surface area contributed by atoms with Gasteiger partial charge in [0.1, 0.15) is 30.5 Å². The molecule has 5 N–H and O–H groups in total. The van der Waals surface area contributed by atoms with E-state index in [9.17, 15) is 15.3 Å². The van der Waals surface area contributed by atoms with Gasteiger partial charge in [0.15, 0.2) is 11.9 Å². The number of fused-ring (bicyclic) bond motifs is 1. The first-order chi connectivity index (χ1) is 13.1. The van der Waals surface area contributed by atoms with E-state index in [0.717, 1.165) is 12.0 Å². The third-order valence-corrected chi connectivity index (χ3v) is 4.84. The van der Waals surface area contributed by atoms with Crippen molar-refractivity contribution in [1.82, 2.24) is 19.7 Å². The molecular weight excluding hydrogens is 350 g/mol.